The first-order valence-electron chi connectivity index (χ1n) is 6.59. The summed E-state index contributed by atoms with van der Waals surface area (Å²) >= 11 is 0. The third-order valence-corrected chi connectivity index (χ3v) is 2.49. The minimum atomic E-state index is -0.211. The predicted molar refractivity (Wildman–Crippen MR) is 71.2 cm³/mol. The first-order valence-corrected chi connectivity index (χ1v) is 6.59. The molecule has 0 rings (SSSR count). The third-order valence-electron chi connectivity index (χ3n) is 2.49. The summed E-state index contributed by atoms with van der Waals surface area (Å²) in [5, 5.41) is 2.84. The Hall–Kier alpha value is -1.10. The summed E-state index contributed by atoms with van der Waals surface area (Å²) in [6, 6.07) is 0.138. The Labute approximate surface area is 110 Å². The molecular weight excluding hydrogens is 232 g/mol. The molecule has 0 aromatic heterocycles. The molecule has 0 heterocycles. The molecule has 0 fully saturated rings. The quantitative estimate of drug-likeness (QED) is 0.661. The van der Waals surface area contributed by atoms with Crippen molar-refractivity contribution >= 4 is 11.9 Å². The Kier molecular flexibility index (Phi) is 8.37. The lowest BCUT2D eigenvalue weighted by Gasteiger charge is -2.23. The zero-order chi connectivity index (χ0) is 14.1. The summed E-state index contributed by atoms with van der Waals surface area (Å²) in [4.78, 5) is 25.1. The lowest BCUT2D eigenvalue weighted by atomic mass is 10.1. The van der Waals surface area contributed by atoms with Gasteiger partial charge in [-0.25, -0.2) is 0 Å². The number of ether oxygens (including phenoxy) is 1. The lowest BCUT2D eigenvalue weighted by molar-refractivity contribution is -0.148. The third kappa shape index (κ3) is 7.27. The van der Waals surface area contributed by atoms with Gasteiger partial charge in [-0.05, 0) is 27.3 Å². The second kappa shape index (κ2) is 8.91. The van der Waals surface area contributed by atoms with Crippen LogP contribution in [0.1, 0.15) is 34.6 Å². The largest absolute Gasteiger partial charge is 0.466 e. The van der Waals surface area contributed by atoms with Crippen molar-refractivity contribution in [3.05, 3.63) is 0 Å². The van der Waals surface area contributed by atoms with Gasteiger partial charge in [-0.1, -0.05) is 13.8 Å². The van der Waals surface area contributed by atoms with Crippen molar-refractivity contribution in [2.75, 3.05) is 26.2 Å². The van der Waals surface area contributed by atoms with Gasteiger partial charge in [0.05, 0.1) is 19.1 Å². The number of nitrogens with one attached hydrogen (secondary N) is 1. The molecule has 5 nitrogen and oxygen atoms in total. The standard InChI is InChI=1S/C13H26N2O3/c1-6-15(9-12(16)14-10(3)4)8-11(5)13(17)18-7-2/h10-11H,6-9H2,1-5H3,(H,14,16). The highest BCUT2D eigenvalue weighted by Crippen LogP contribution is 2.02. The number of hydrogen-bond acceptors (Lipinski definition) is 4. The van der Waals surface area contributed by atoms with Crippen LogP contribution in [0.2, 0.25) is 0 Å². The van der Waals surface area contributed by atoms with E-state index in [9.17, 15) is 9.59 Å². The predicted octanol–water partition coefficient (Wildman–Crippen LogP) is 1.03. The molecule has 1 amide bonds. The maximum atomic E-state index is 11.6. The Morgan fingerprint density at radius 3 is 2.28 bits per heavy atom. The summed E-state index contributed by atoms with van der Waals surface area (Å²) in [6.07, 6.45) is 0. The fourth-order valence-corrected chi connectivity index (χ4v) is 1.62. The summed E-state index contributed by atoms with van der Waals surface area (Å²) in [5.41, 5.74) is 0. The van der Waals surface area contributed by atoms with Crippen molar-refractivity contribution in [1.82, 2.24) is 10.2 Å². The first-order chi connectivity index (χ1) is 8.40. The number of carbonyl (C=O) groups excluding carboxylic acids is 2. The number of amides is 1. The van der Waals surface area contributed by atoms with Crippen molar-refractivity contribution in [3.63, 3.8) is 0 Å². The van der Waals surface area contributed by atoms with Crippen LogP contribution in [0.5, 0.6) is 0 Å². The van der Waals surface area contributed by atoms with E-state index < -0.39 is 0 Å². The first kappa shape index (κ1) is 16.9. The van der Waals surface area contributed by atoms with E-state index in [-0.39, 0.29) is 23.8 Å². The highest BCUT2D eigenvalue weighted by Gasteiger charge is 2.19. The SMILES string of the molecule is CCOC(=O)C(C)CN(CC)CC(=O)NC(C)C. The van der Waals surface area contributed by atoms with Crippen LogP contribution in [0, 0.1) is 5.92 Å². The fraction of sp³-hybridized carbons (Fsp3) is 0.846. The highest BCUT2D eigenvalue weighted by atomic mass is 16.5. The number of nitrogens with zero attached hydrogens (tertiary/aromatic N) is 1. The molecule has 1 atom stereocenters. The van der Waals surface area contributed by atoms with Crippen LogP contribution >= 0.6 is 0 Å². The van der Waals surface area contributed by atoms with Gasteiger partial charge in [0, 0.05) is 12.6 Å². The van der Waals surface area contributed by atoms with Gasteiger partial charge in [0.25, 0.3) is 0 Å². The van der Waals surface area contributed by atoms with Crippen molar-refractivity contribution in [3.8, 4) is 0 Å². The topological polar surface area (TPSA) is 58.6 Å². The van der Waals surface area contributed by atoms with E-state index >= 15 is 0 Å². The molecule has 0 aliphatic carbocycles. The van der Waals surface area contributed by atoms with E-state index in [4.69, 9.17) is 4.74 Å². The normalized spacial score (nSPS) is 12.6. The summed E-state index contributed by atoms with van der Waals surface area (Å²) < 4.78 is 4.95. The maximum absolute atomic E-state index is 11.6. The van der Waals surface area contributed by atoms with Gasteiger partial charge < -0.3 is 10.1 Å². The van der Waals surface area contributed by atoms with Crippen LogP contribution in [0.3, 0.4) is 0 Å². The zero-order valence-electron chi connectivity index (χ0n) is 12.2. The van der Waals surface area contributed by atoms with E-state index in [0.29, 0.717) is 19.7 Å². The molecule has 0 aromatic carbocycles. The molecule has 106 valence electrons. The van der Waals surface area contributed by atoms with Crippen molar-refractivity contribution < 1.29 is 14.3 Å². The zero-order valence-corrected chi connectivity index (χ0v) is 12.2. The molecular formula is C13H26N2O3. The van der Waals surface area contributed by atoms with Gasteiger partial charge in [0.1, 0.15) is 0 Å². The van der Waals surface area contributed by atoms with Crippen LogP contribution in [-0.4, -0.2) is 49.1 Å². The molecule has 0 spiro atoms. The average Bonchev–Trinajstić information content (AvgIpc) is 2.27. The van der Waals surface area contributed by atoms with E-state index in [1.165, 1.54) is 0 Å². The van der Waals surface area contributed by atoms with Crippen LogP contribution in [0.25, 0.3) is 0 Å². The van der Waals surface area contributed by atoms with E-state index in [0.717, 1.165) is 6.54 Å². The number of esters is 1. The Morgan fingerprint density at radius 1 is 1.22 bits per heavy atom. The fourth-order valence-electron chi connectivity index (χ4n) is 1.62. The average molecular weight is 258 g/mol. The molecule has 0 bridgehead atoms. The van der Waals surface area contributed by atoms with E-state index in [1.807, 2.05) is 32.6 Å². The molecule has 0 saturated heterocycles. The molecule has 0 aromatic rings. The van der Waals surface area contributed by atoms with Crippen LogP contribution < -0.4 is 5.32 Å². The smallest absolute Gasteiger partial charge is 0.309 e. The van der Waals surface area contributed by atoms with Crippen molar-refractivity contribution in [2.24, 2.45) is 5.92 Å². The van der Waals surface area contributed by atoms with Gasteiger partial charge >= 0.3 is 5.97 Å². The Bertz CT molecular complexity index is 267. The molecule has 0 aliphatic heterocycles. The molecule has 1 unspecified atom stereocenters. The van der Waals surface area contributed by atoms with Gasteiger partial charge in [-0.15, -0.1) is 0 Å². The maximum Gasteiger partial charge on any atom is 0.309 e. The lowest BCUT2D eigenvalue weighted by Crippen LogP contribution is -2.42. The second-order valence-corrected chi connectivity index (χ2v) is 4.70. The second-order valence-electron chi connectivity index (χ2n) is 4.70. The van der Waals surface area contributed by atoms with Gasteiger partial charge in [0.2, 0.25) is 5.91 Å². The molecule has 5 heteroatoms. The Morgan fingerprint density at radius 2 is 1.83 bits per heavy atom. The number of rotatable bonds is 8. The Balaban J connectivity index is 4.17. The van der Waals surface area contributed by atoms with Crippen LogP contribution in [-0.2, 0) is 14.3 Å². The van der Waals surface area contributed by atoms with Gasteiger partial charge in [0.15, 0.2) is 0 Å². The monoisotopic (exact) mass is 258 g/mol. The molecule has 1 N–H and O–H groups in total. The number of likely N-dealkylation sites (N-methyl/N-ethyl adjacent to an activating group) is 1. The van der Waals surface area contributed by atoms with Crippen molar-refractivity contribution in [2.45, 2.75) is 40.7 Å². The van der Waals surface area contributed by atoms with E-state index in [2.05, 4.69) is 5.32 Å². The molecule has 18 heavy (non-hydrogen) atoms. The number of carbonyl (C=O) groups is 2. The van der Waals surface area contributed by atoms with Crippen LogP contribution in [0.4, 0.5) is 0 Å². The molecule has 0 saturated carbocycles. The molecule has 0 aliphatic rings. The number of hydrogen-bond donors (Lipinski definition) is 1. The van der Waals surface area contributed by atoms with Gasteiger partial charge in [-0.3, -0.25) is 14.5 Å². The minimum Gasteiger partial charge on any atom is -0.466 e. The van der Waals surface area contributed by atoms with Crippen LogP contribution in [0.15, 0.2) is 0 Å². The summed E-state index contributed by atoms with van der Waals surface area (Å²) in [7, 11) is 0. The highest BCUT2D eigenvalue weighted by molar-refractivity contribution is 5.78. The van der Waals surface area contributed by atoms with E-state index in [1.54, 1.807) is 6.92 Å². The molecule has 0 radical (unpaired) electrons. The minimum absolute atomic E-state index is 0.0112. The summed E-state index contributed by atoms with van der Waals surface area (Å²) in [6.45, 7) is 11.4. The summed E-state index contributed by atoms with van der Waals surface area (Å²) in [5.74, 6) is -0.431. The van der Waals surface area contributed by atoms with Gasteiger partial charge in [-0.2, -0.15) is 0 Å². The van der Waals surface area contributed by atoms with Crippen molar-refractivity contribution in [1.29, 1.82) is 0 Å².